The molecule has 9 heteroatoms. The number of hydrogen-bond acceptors (Lipinski definition) is 6. The summed E-state index contributed by atoms with van der Waals surface area (Å²) in [5.41, 5.74) is -0.0314. The molecule has 0 radical (unpaired) electrons. The van der Waals surface area contributed by atoms with Gasteiger partial charge in [-0.2, -0.15) is 0 Å². The van der Waals surface area contributed by atoms with Gasteiger partial charge in [0.15, 0.2) is 0 Å². The Morgan fingerprint density at radius 3 is 2.89 bits per heavy atom. The minimum absolute atomic E-state index is 0.0314. The van der Waals surface area contributed by atoms with E-state index >= 15 is 0 Å². The molecule has 0 N–H and O–H groups in total. The summed E-state index contributed by atoms with van der Waals surface area (Å²) in [7, 11) is 0. The van der Waals surface area contributed by atoms with E-state index in [0.29, 0.717) is 21.1 Å². The van der Waals surface area contributed by atoms with Crippen LogP contribution in [0.3, 0.4) is 0 Å². The van der Waals surface area contributed by atoms with Gasteiger partial charge in [0.05, 0.1) is 16.0 Å². The highest BCUT2D eigenvalue weighted by molar-refractivity contribution is 7.99. The lowest BCUT2D eigenvalue weighted by atomic mass is 10.3. The fourth-order valence-corrected chi connectivity index (χ4v) is 2.72. The molecule has 1 aliphatic rings. The monoisotopic (exact) mass is 297 g/mol. The molecular formula is C10H8ClN5O2S. The standard InChI is InChI=1S/C10H8ClN5O2S/c11-8-5-7(16(17)18)3-4-9(8)19-10-12-13-14-15(10)6-1-2-6/h3-6H,1-2H2. The van der Waals surface area contributed by atoms with Crippen molar-refractivity contribution in [1.82, 2.24) is 20.2 Å². The summed E-state index contributed by atoms with van der Waals surface area (Å²) in [4.78, 5) is 10.9. The maximum absolute atomic E-state index is 10.6. The van der Waals surface area contributed by atoms with Gasteiger partial charge in [0.1, 0.15) is 0 Å². The number of nitrogens with zero attached hydrogens (tertiary/aromatic N) is 5. The zero-order chi connectivity index (χ0) is 13.4. The molecule has 1 aromatic heterocycles. The van der Waals surface area contributed by atoms with Crippen molar-refractivity contribution in [2.24, 2.45) is 0 Å². The first kappa shape index (κ1) is 12.4. The number of aromatic nitrogens is 4. The number of hydrogen-bond donors (Lipinski definition) is 0. The average molecular weight is 298 g/mol. The first-order valence-corrected chi connectivity index (χ1v) is 6.74. The third kappa shape index (κ3) is 2.54. The topological polar surface area (TPSA) is 86.7 Å². The Morgan fingerprint density at radius 1 is 1.47 bits per heavy atom. The number of halogens is 1. The fourth-order valence-electron chi connectivity index (χ4n) is 1.59. The molecule has 0 atom stereocenters. The van der Waals surface area contributed by atoms with Crippen molar-refractivity contribution >= 4 is 29.1 Å². The third-order valence-electron chi connectivity index (χ3n) is 2.68. The summed E-state index contributed by atoms with van der Waals surface area (Å²) in [6, 6.07) is 4.72. The van der Waals surface area contributed by atoms with Gasteiger partial charge in [-0.05, 0) is 41.1 Å². The van der Waals surface area contributed by atoms with E-state index in [4.69, 9.17) is 11.6 Å². The lowest BCUT2D eigenvalue weighted by Crippen LogP contribution is -1.98. The lowest BCUT2D eigenvalue weighted by molar-refractivity contribution is -0.384. The Morgan fingerprint density at radius 2 is 2.26 bits per heavy atom. The van der Waals surface area contributed by atoms with Crippen molar-refractivity contribution in [2.45, 2.75) is 28.9 Å². The van der Waals surface area contributed by atoms with E-state index in [0.717, 1.165) is 12.8 Å². The largest absolute Gasteiger partial charge is 0.270 e. The highest BCUT2D eigenvalue weighted by atomic mass is 35.5. The van der Waals surface area contributed by atoms with Gasteiger partial charge in [0.2, 0.25) is 5.16 Å². The molecule has 1 fully saturated rings. The number of rotatable bonds is 4. The van der Waals surface area contributed by atoms with E-state index in [9.17, 15) is 10.1 Å². The Balaban J connectivity index is 1.86. The maximum atomic E-state index is 10.6. The van der Waals surface area contributed by atoms with Crippen molar-refractivity contribution in [3.8, 4) is 0 Å². The van der Waals surface area contributed by atoms with Crippen LogP contribution in [0.5, 0.6) is 0 Å². The van der Waals surface area contributed by atoms with Crippen LogP contribution >= 0.6 is 23.4 Å². The zero-order valence-corrected chi connectivity index (χ0v) is 11.1. The molecule has 0 aliphatic heterocycles. The summed E-state index contributed by atoms with van der Waals surface area (Å²) in [6.45, 7) is 0. The number of nitro benzene ring substituents is 1. The molecule has 0 spiro atoms. The molecule has 1 aromatic carbocycles. The van der Waals surface area contributed by atoms with E-state index in [-0.39, 0.29) is 5.69 Å². The van der Waals surface area contributed by atoms with Crippen LogP contribution in [0.1, 0.15) is 18.9 Å². The molecule has 1 heterocycles. The summed E-state index contributed by atoms with van der Waals surface area (Å²) in [5.74, 6) is 0. The van der Waals surface area contributed by atoms with Crippen molar-refractivity contribution < 1.29 is 4.92 Å². The molecule has 3 rings (SSSR count). The van der Waals surface area contributed by atoms with Crippen molar-refractivity contribution in [2.75, 3.05) is 0 Å². The number of benzene rings is 1. The van der Waals surface area contributed by atoms with Gasteiger partial charge in [0, 0.05) is 17.0 Å². The summed E-state index contributed by atoms with van der Waals surface area (Å²) in [5, 5.41) is 23.1. The van der Waals surface area contributed by atoms with Gasteiger partial charge < -0.3 is 0 Å². The van der Waals surface area contributed by atoms with Crippen LogP contribution in [-0.2, 0) is 0 Å². The Kier molecular flexibility index (Phi) is 3.11. The molecule has 0 bridgehead atoms. The van der Waals surface area contributed by atoms with Crippen LogP contribution in [0.15, 0.2) is 28.3 Å². The first-order chi connectivity index (χ1) is 9.15. The average Bonchev–Trinajstić information content (AvgIpc) is 3.12. The number of tetrazole rings is 1. The Hall–Kier alpha value is -1.67. The molecule has 0 saturated heterocycles. The predicted molar refractivity (Wildman–Crippen MR) is 68.3 cm³/mol. The van der Waals surface area contributed by atoms with Crippen LogP contribution in [-0.4, -0.2) is 25.1 Å². The smallest absolute Gasteiger partial charge is 0.258 e. The van der Waals surface area contributed by atoms with E-state index in [1.165, 1.54) is 23.9 Å². The zero-order valence-electron chi connectivity index (χ0n) is 9.56. The van der Waals surface area contributed by atoms with E-state index < -0.39 is 4.92 Å². The third-order valence-corrected chi connectivity index (χ3v) is 4.13. The summed E-state index contributed by atoms with van der Waals surface area (Å²) in [6.07, 6.45) is 2.15. The second kappa shape index (κ2) is 4.78. The minimum atomic E-state index is -0.478. The second-order valence-corrected chi connectivity index (χ2v) is 5.53. The van der Waals surface area contributed by atoms with Crippen LogP contribution < -0.4 is 0 Å². The summed E-state index contributed by atoms with van der Waals surface area (Å²) >= 11 is 7.34. The molecule has 1 aliphatic carbocycles. The number of nitro groups is 1. The Bertz CT molecular complexity index is 643. The molecule has 19 heavy (non-hydrogen) atoms. The van der Waals surface area contributed by atoms with E-state index in [1.54, 1.807) is 10.7 Å². The number of non-ortho nitro benzene ring substituents is 1. The normalized spacial score (nSPS) is 14.6. The predicted octanol–water partition coefficient (Wildman–Crippen LogP) is 2.72. The van der Waals surface area contributed by atoms with Gasteiger partial charge in [0.25, 0.3) is 5.69 Å². The fraction of sp³-hybridized carbons (Fsp3) is 0.300. The van der Waals surface area contributed by atoms with Gasteiger partial charge >= 0.3 is 0 Å². The molecule has 1 saturated carbocycles. The van der Waals surface area contributed by atoms with Gasteiger partial charge in [-0.15, -0.1) is 5.10 Å². The van der Waals surface area contributed by atoms with Crippen molar-refractivity contribution in [3.63, 3.8) is 0 Å². The molecule has 98 valence electrons. The summed E-state index contributed by atoms with van der Waals surface area (Å²) < 4.78 is 1.77. The molecule has 0 amide bonds. The van der Waals surface area contributed by atoms with Gasteiger partial charge in [-0.25, -0.2) is 4.68 Å². The van der Waals surface area contributed by atoms with E-state index in [1.807, 2.05) is 0 Å². The Labute approximate surface area is 117 Å². The minimum Gasteiger partial charge on any atom is -0.258 e. The quantitative estimate of drug-likeness (QED) is 0.637. The highest BCUT2D eigenvalue weighted by Crippen LogP contribution is 2.39. The van der Waals surface area contributed by atoms with Crippen LogP contribution in [0.2, 0.25) is 5.02 Å². The SMILES string of the molecule is O=[N+]([O-])c1ccc(Sc2nnnn2C2CC2)c(Cl)c1. The molecular weight excluding hydrogens is 290 g/mol. The van der Waals surface area contributed by atoms with Crippen LogP contribution in [0, 0.1) is 10.1 Å². The molecule has 7 nitrogen and oxygen atoms in total. The van der Waals surface area contributed by atoms with Crippen LogP contribution in [0.25, 0.3) is 0 Å². The molecule has 2 aromatic rings. The van der Waals surface area contributed by atoms with Crippen molar-refractivity contribution in [3.05, 3.63) is 33.3 Å². The first-order valence-electron chi connectivity index (χ1n) is 5.55. The van der Waals surface area contributed by atoms with E-state index in [2.05, 4.69) is 15.5 Å². The van der Waals surface area contributed by atoms with Gasteiger partial charge in [-0.1, -0.05) is 11.6 Å². The van der Waals surface area contributed by atoms with Gasteiger partial charge in [-0.3, -0.25) is 10.1 Å². The lowest BCUT2D eigenvalue weighted by Gasteiger charge is -2.04. The van der Waals surface area contributed by atoms with Crippen LogP contribution in [0.4, 0.5) is 5.69 Å². The maximum Gasteiger partial charge on any atom is 0.270 e. The second-order valence-electron chi connectivity index (χ2n) is 4.11. The van der Waals surface area contributed by atoms with Crippen molar-refractivity contribution in [1.29, 1.82) is 0 Å². The molecule has 0 unspecified atom stereocenters. The highest BCUT2D eigenvalue weighted by Gasteiger charge is 2.28.